The number of hydrogen-bond donors (Lipinski definition) is 2. The fourth-order valence-electron chi connectivity index (χ4n) is 2.22. The molecule has 22 heteroatoms. The Morgan fingerprint density at radius 2 is 1.00 bits per heavy atom. The molecule has 0 radical (unpaired) electrons. The lowest BCUT2D eigenvalue weighted by molar-refractivity contribution is -0.499. The van der Waals surface area contributed by atoms with E-state index in [4.69, 9.17) is 0 Å². The summed E-state index contributed by atoms with van der Waals surface area (Å²) in [5, 5.41) is 2.56. The van der Waals surface area contributed by atoms with Gasteiger partial charge in [-0.05, 0) is 0 Å². The highest BCUT2D eigenvalue weighted by Gasteiger charge is 2.69. The zero-order valence-corrected chi connectivity index (χ0v) is 23.7. The summed E-state index contributed by atoms with van der Waals surface area (Å²) < 4.78 is 122. The first-order valence-corrected chi connectivity index (χ1v) is 12.3. The molecular formula is C24H30F8N2O12. The van der Waals surface area contributed by atoms with E-state index in [1.807, 2.05) is 0 Å². The second-order valence-electron chi connectivity index (χ2n) is 7.97. The van der Waals surface area contributed by atoms with Gasteiger partial charge in [-0.2, -0.15) is 35.1 Å². The predicted molar refractivity (Wildman–Crippen MR) is 133 cm³/mol. The molecule has 0 aromatic carbocycles. The number of alkyl halides is 8. The van der Waals surface area contributed by atoms with E-state index in [1.54, 1.807) is 0 Å². The van der Waals surface area contributed by atoms with Gasteiger partial charge in [0.15, 0.2) is 0 Å². The first-order valence-electron chi connectivity index (χ1n) is 12.3. The van der Waals surface area contributed by atoms with Crippen molar-refractivity contribution in [2.24, 2.45) is 0 Å². The summed E-state index contributed by atoms with van der Waals surface area (Å²) in [5.74, 6) is -6.64. The Hall–Kier alpha value is -3.51. The van der Waals surface area contributed by atoms with Gasteiger partial charge in [0, 0.05) is 12.6 Å². The first-order chi connectivity index (χ1) is 21.4. The third-order valence-corrected chi connectivity index (χ3v) is 4.24. The van der Waals surface area contributed by atoms with Crippen molar-refractivity contribution in [1.29, 1.82) is 0 Å². The summed E-state index contributed by atoms with van der Waals surface area (Å²) in [4.78, 5) is 62.2. The highest BCUT2D eigenvalue weighted by molar-refractivity contribution is 5.82. The molecular weight excluding hydrogens is 660 g/mol. The van der Waals surface area contributed by atoms with E-state index < -0.39 is 80.7 Å². The lowest BCUT2D eigenvalue weighted by Crippen LogP contribution is -2.57. The van der Waals surface area contributed by atoms with E-state index in [1.165, 1.54) is 22.8 Å². The maximum atomic E-state index is 14.0. The molecule has 0 aliphatic carbocycles. The SMILES string of the molecule is C=CCOOCC(CNC(=O)C(F)(F)OC(F)(F)C(F)(F)OC(F)(F)C(=O)NCC(COC(=O)C=C)OOCC=C)OOCC=C. The molecule has 2 atom stereocenters. The molecule has 0 aromatic rings. The number of carbonyl (C=O) groups excluding carboxylic acids is 3. The number of rotatable bonds is 27. The van der Waals surface area contributed by atoms with Gasteiger partial charge < -0.3 is 15.4 Å². The van der Waals surface area contributed by atoms with Crippen molar-refractivity contribution in [3.8, 4) is 0 Å². The van der Waals surface area contributed by atoms with Crippen LogP contribution >= 0.6 is 0 Å². The van der Waals surface area contributed by atoms with Crippen LogP contribution in [0.4, 0.5) is 35.1 Å². The number of amides is 2. The normalized spacial score (nSPS) is 13.7. The van der Waals surface area contributed by atoms with Crippen molar-refractivity contribution in [2.45, 2.75) is 36.6 Å². The van der Waals surface area contributed by atoms with Crippen LogP contribution in [0.25, 0.3) is 0 Å². The number of ether oxygens (including phenoxy) is 3. The van der Waals surface area contributed by atoms with Crippen molar-refractivity contribution >= 4 is 17.8 Å². The molecule has 0 bridgehead atoms. The molecule has 46 heavy (non-hydrogen) atoms. The number of hydrogen-bond acceptors (Lipinski definition) is 12. The Morgan fingerprint density at radius 1 is 0.609 bits per heavy atom. The fourth-order valence-corrected chi connectivity index (χ4v) is 2.22. The Balaban J connectivity index is 5.38. The second-order valence-corrected chi connectivity index (χ2v) is 7.97. The highest BCUT2D eigenvalue weighted by Crippen LogP contribution is 2.43. The predicted octanol–water partition coefficient (Wildman–Crippen LogP) is 2.49. The summed E-state index contributed by atoms with van der Waals surface area (Å²) in [6.07, 6.45) is -23.8. The zero-order chi connectivity index (χ0) is 35.4. The molecule has 0 heterocycles. The Morgan fingerprint density at radius 3 is 1.39 bits per heavy atom. The maximum Gasteiger partial charge on any atom is 0.453 e. The monoisotopic (exact) mass is 690 g/mol. The van der Waals surface area contributed by atoms with Crippen LogP contribution in [0, 0.1) is 0 Å². The minimum absolute atomic E-state index is 0.155. The van der Waals surface area contributed by atoms with Crippen LogP contribution in [-0.4, -0.2) is 101 Å². The summed E-state index contributed by atoms with van der Waals surface area (Å²) in [7, 11) is 0. The molecule has 14 nitrogen and oxygen atoms in total. The van der Waals surface area contributed by atoms with E-state index in [2.05, 4.69) is 69.9 Å². The van der Waals surface area contributed by atoms with Gasteiger partial charge in [0.1, 0.15) is 45.2 Å². The molecule has 264 valence electrons. The first kappa shape index (κ1) is 42.5. The number of halogens is 8. The molecule has 2 unspecified atom stereocenters. The summed E-state index contributed by atoms with van der Waals surface area (Å²) in [5.41, 5.74) is 0. The van der Waals surface area contributed by atoms with Gasteiger partial charge in [-0.25, -0.2) is 43.6 Å². The van der Waals surface area contributed by atoms with E-state index in [9.17, 15) is 49.5 Å². The lowest BCUT2D eigenvalue weighted by atomic mass is 10.3. The molecule has 2 N–H and O–H groups in total. The van der Waals surface area contributed by atoms with Crippen LogP contribution in [0.15, 0.2) is 50.6 Å². The Bertz CT molecular complexity index is 1020. The van der Waals surface area contributed by atoms with Gasteiger partial charge in [0.2, 0.25) is 0 Å². The third kappa shape index (κ3) is 16.2. The topological polar surface area (TPSA) is 158 Å². The van der Waals surface area contributed by atoms with Crippen LogP contribution in [0.2, 0.25) is 0 Å². The molecule has 0 rings (SSSR count). The highest BCUT2D eigenvalue weighted by atomic mass is 19.3. The van der Waals surface area contributed by atoms with Gasteiger partial charge in [0.25, 0.3) is 0 Å². The fraction of sp³-hybridized carbons (Fsp3) is 0.542. The number of nitrogens with one attached hydrogen (secondary N) is 2. The number of esters is 1. The van der Waals surface area contributed by atoms with Gasteiger partial charge in [0.05, 0.1) is 6.54 Å². The summed E-state index contributed by atoms with van der Waals surface area (Å²) in [6, 6.07) is 0. The molecule has 0 aromatic heterocycles. The van der Waals surface area contributed by atoms with Crippen molar-refractivity contribution in [3.63, 3.8) is 0 Å². The van der Waals surface area contributed by atoms with Crippen LogP contribution < -0.4 is 10.6 Å². The van der Waals surface area contributed by atoms with Crippen LogP contribution in [0.1, 0.15) is 0 Å². The van der Waals surface area contributed by atoms with Gasteiger partial charge in [-0.1, -0.05) is 24.8 Å². The van der Waals surface area contributed by atoms with Crippen LogP contribution in [-0.2, 0) is 57.9 Å². The average Bonchev–Trinajstić information content (AvgIpc) is 2.97. The van der Waals surface area contributed by atoms with E-state index >= 15 is 0 Å². The summed E-state index contributed by atoms with van der Waals surface area (Å²) >= 11 is 0. The molecule has 0 spiro atoms. The van der Waals surface area contributed by atoms with Crippen molar-refractivity contribution in [2.75, 3.05) is 46.1 Å². The van der Waals surface area contributed by atoms with E-state index in [0.29, 0.717) is 6.08 Å². The zero-order valence-electron chi connectivity index (χ0n) is 23.7. The Kier molecular flexibility index (Phi) is 19.0. The van der Waals surface area contributed by atoms with Crippen molar-refractivity contribution in [1.82, 2.24) is 10.6 Å². The van der Waals surface area contributed by atoms with Crippen LogP contribution in [0.3, 0.4) is 0 Å². The quantitative estimate of drug-likeness (QED) is 0.0247. The van der Waals surface area contributed by atoms with E-state index in [-0.39, 0.29) is 19.8 Å². The second kappa shape index (κ2) is 20.6. The largest absolute Gasteiger partial charge is 0.460 e. The minimum Gasteiger partial charge on any atom is -0.460 e. The smallest absolute Gasteiger partial charge is 0.453 e. The molecule has 0 aliphatic rings. The van der Waals surface area contributed by atoms with Gasteiger partial charge >= 0.3 is 42.2 Å². The van der Waals surface area contributed by atoms with Crippen molar-refractivity contribution < 1.29 is 93.0 Å². The Labute approximate surface area is 255 Å². The summed E-state index contributed by atoms with van der Waals surface area (Å²) in [6.45, 7) is 8.65. The average molecular weight is 690 g/mol. The number of carbonyl (C=O) groups is 3. The van der Waals surface area contributed by atoms with Gasteiger partial charge in [-0.3, -0.25) is 9.59 Å². The third-order valence-electron chi connectivity index (χ3n) is 4.24. The molecule has 0 saturated carbocycles. The molecule has 2 amide bonds. The van der Waals surface area contributed by atoms with Crippen LogP contribution in [0.5, 0.6) is 0 Å². The molecule has 0 saturated heterocycles. The lowest BCUT2D eigenvalue weighted by Gasteiger charge is -2.30. The van der Waals surface area contributed by atoms with E-state index in [0.717, 1.165) is 6.08 Å². The molecule has 0 fully saturated rings. The minimum atomic E-state index is -6.67. The molecule has 0 aliphatic heterocycles. The maximum absolute atomic E-state index is 14.0. The van der Waals surface area contributed by atoms with Gasteiger partial charge in [-0.15, -0.1) is 19.7 Å². The standard InChI is InChI=1S/C24H30F8N2O12/c1-5-9-39-42-15-17(44-41-11-7-3)13-34-20(37)22(27,28)46-24(31,32)23(29,30)45-21(25,26)19(36)33-12-16(43-40-10-6-2)14-38-18(35)8-4/h5-8,16-17H,1-4,9-15H2,(H,33,36)(H,34,37). The van der Waals surface area contributed by atoms with Crippen molar-refractivity contribution in [3.05, 3.63) is 50.6 Å².